The molecule has 0 saturated carbocycles. The van der Waals surface area contributed by atoms with E-state index in [0.717, 1.165) is 5.39 Å². The molecule has 0 aliphatic rings. The number of hydrogen-bond acceptors (Lipinski definition) is 1. The van der Waals surface area contributed by atoms with Crippen molar-refractivity contribution in [3.8, 4) is 6.07 Å². The highest BCUT2D eigenvalue weighted by molar-refractivity contribution is 5.85. The molecule has 0 aromatic heterocycles. The third kappa shape index (κ3) is 1.80. The second-order valence-electron chi connectivity index (χ2n) is 2.67. The minimum Gasteiger partial charge on any atom is -0.192 e. The first-order chi connectivity index (χ1) is 5.90. The van der Waals surface area contributed by atoms with Gasteiger partial charge in [0.15, 0.2) is 0 Å². The highest BCUT2D eigenvalue weighted by atomic mass is 35.5. The van der Waals surface area contributed by atoms with Crippen LogP contribution < -0.4 is 0 Å². The van der Waals surface area contributed by atoms with Crippen LogP contribution in [-0.4, -0.2) is 0 Å². The van der Waals surface area contributed by atoms with Crippen LogP contribution in [0, 0.1) is 11.3 Å². The van der Waals surface area contributed by atoms with Gasteiger partial charge in [-0.05, 0) is 22.9 Å². The molecule has 2 heteroatoms. The van der Waals surface area contributed by atoms with Gasteiger partial charge in [-0.3, -0.25) is 0 Å². The number of fused-ring (bicyclic) bond motifs is 1. The van der Waals surface area contributed by atoms with Crippen molar-refractivity contribution in [3.63, 3.8) is 0 Å². The highest BCUT2D eigenvalue weighted by Gasteiger charge is 1.92. The fourth-order valence-electron chi connectivity index (χ4n) is 1.26. The molecule has 0 aliphatic heterocycles. The average Bonchev–Trinajstić information content (AvgIpc) is 2.17. The molecular formula is C11H8ClN. The summed E-state index contributed by atoms with van der Waals surface area (Å²) in [5.41, 5.74) is 0.716. The molecule has 0 saturated heterocycles. The molecule has 0 heterocycles. The second kappa shape index (κ2) is 3.93. The first-order valence-corrected chi connectivity index (χ1v) is 3.79. The van der Waals surface area contributed by atoms with Gasteiger partial charge in [-0.1, -0.05) is 30.3 Å². The lowest BCUT2D eigenvalue weighted by Crippen LogP contribution is -1.74. The van der Waals surface area contributed by atoms with Crippen molar-refractivity contribution in [1.29, 1.82) is 5.26 Å². The SMILES string of the molecule is Cl.N#Cc1ccc2ccccc2c1. The van der Waals surface area contributed by atoms with Gasteiger partial charge in [0.05, 0.1) is 11.6 Å². The summed E-state index contributed by atoms with van der Waals surface area (Å²) in [7, 11) is 0. The number of halogens is 1. The number of nitrogens with zero attached hydrogens (tertiary/aromatic N) is 1. The lowest BCUT2D eigenvalue weighted by molar-refractivity contribution is 1.50. The van der Waals surface area contributed by atoms with Gasteiger partial charge in [0.1, 0.15) is 0 Å². The highest BCUT2D eigenvalue weighted by Crippen LogP contribution is 2.14. The second-order valence-corrected chi connectivity index (χ2v) is 2.67. The minimum absolute atomic E-state index is 0. The molecule has 0 amide bonds. The first kappa shape index (κ1) is 9.57. The molecular weight excluding hydrogens is 182 g/mol. The van der Waals surface area contributed by atoms with Crippen molar-refractivity contribution in [2.75, 3.05) is 0 Å². The molecule has 0 atom stereocenters. The molecule has 0 N–H and O–H groups in total. The Morgan fingerprint density at radius 1 is 0.923 bits per heavy atom. The Labute approximate surface area is 83.0 Å². The van der Waals surface area contributed by atoms with E-state index in [1.807, 2.05) is 42.5 Å². The summed E-state index contributed by atoms with van der Waals surface area (Å²) >= 11 is 0. The molecule has 2 aromatic rings. The van der Waals surface area contributed by atoms with E-state index in [0.29, 0.717) is 5.56 Å². The van der Waals surface area contributed by atoms with Crippen molar-refractivity contribution in [1.82, 2.24) is 0 Å². The van der Waals surface area contributed by atoms with Crippen LogP contribution in [0.1, 0.15) is 5.56 Å². The zero-order chi connectivity index (χ0) is 8.39. The Hall–Kier alpha value is -1.52. The van der Waals surface area contributed by atoms with E-state index in [9.17, 15) is 0 Å². The normalized spacial score (nSPS) is 8.85. The fourth-order valence-corrected chi connectivity index (χ4v) is 1.26. The van der Waals surface area contributed by atoms with Crippen LogP contribution in [-0.2, 0) is 0 Å². The molecule has 2 aromatic carbocycles. The quantitative estimate of drug-likeness (QED) is 0.625. The monoisotopic (exact) mass is 189 g/mol. The van der Waals surface area contributed by atoms with Gasteiger partial charge in [-0.25, -0.2) is 0 Å². The smallest absolute Gasteiger partial charge is 0.0991 e. The van der Waals surface area contributed by atoms with Gasteiger partial charge in [-0.15, -0.1) is 12.4 Å². The van der Waals surface area contributed by atoms with Crippen molar-refractivity contribution >= 4 is 23.2 Å². The van der Waals surface area contributed by atoms with Crippen LogP contribution in [0.4, 0.5) is 0 Å². The van der Waals surface area contributed by atoms with Crippen LogP contribution in [0.15, 0.2) is 42.5 Å². The van der Waals surface area contributed by atoms with Crippen LogP contribution in [0.2, 0.25) is 0 Å². The molecule has 2 rings (SSSR count). The summed E-state index contributed by atoms with van der Waals surface area (Å²) in [6, 6.07) is 15.8. The third-order valence-corrected chi connectivity index (χ3v) is 1.88. The maximum atomic E-state index is 8.65. The number of nitriles is 1. The van der Waals surface area contributed by atoms with Gasteiger partial charge in [-0.2, -0.15) is 5.26 Å². The molecule has 0 bridgehead atoms. The summed E-state index contributed by atoms with van der Waals surface area (Å²) in [5, 5.41) is 10.9. The maximum Gasteiger partial charge on any atom is 0.0991 e. The summed E-state index contributed by atoms with van der Waals surface area (Å²) < 4.78 is 0. The Morgan fingerprint density at radius 2 is 1.62 bits per heavy atom. The molecule has 0 fully saturated rings. The third-order valence-electron chi connectivity index (χ3n) is 1.88. The van der Waals surface area contributed by atoms with Gasteiger partial charge in [0.25, 0.3) is 0 Å². The van der Waals surface area contributed by atoms with Crippen LogP contribution >= 0.6 is 12.4 Å². The van der Waals surface area contributed by atoms with E-state index in [-0.39, 0.29) is 12.4 Å². The molecule has 1 nitrogen and oxygen atoms in total. The largest absolute Gasteiger partial charge is 0.192 e. The molecule has 13 heavy (non-hydrogen) atoms. The standard InChI is InChI=1S/C11H7N.ClH/c12-8-9-5-6-10-3-1-2-4-11(10)7-9;/h1-7H;1H. The predicted molar refractivity (Wildman–Crippen MR) is 55.9 cm³/mol. The van der Waals surface area contributed by atoms with Gasteiger partial charge >= 0.3 is 0 Å². The molecule has 64 valence electrons. The van der Waals surface area contributed by atoms with E-state index < -0.39 is 0 Å². The summed E-state index contributed by atoms with van der Waals surface area (Å²) in [6.07, 6.45) is 0. The topological polar surface area (TPSA) is 23.8 Å². The van der Waals surface area contributed by atoms with Crippen molar-refractivity contribution in [3.05, 3.63) is 48.0 Å². The Bertz CT molecular complexity index is 457. The maximum absolute atomic E-state index is 8.65. The van der Waals surface area contributed by atoms with Crippen molar-refractivity contribution in [2.24, 2.45) is 0 Å². The lowest BCUT2D eigenvalue weighted by atomic mass is 10.1. The Kier molecular flexibility index (Phi) is 2.89. The van der Waals surface area contributed by atoms with Crippen LogP contribution in [0.5, 0.6) is 0 Å². The van der Waals surface area contributed by atoms with E-state index in [2.05, 4.69) is 6.07 Å². The van der Waals surface area contributed by atoms with Gasteiger partial charge < -0.3 is 0 Å². The first-order valence-electron chi connectivity index (χ1n) is 3.79. The van der Waals surface area contributed by atoms with Crippen LogP contribution in [0.25, 0.3) is 10.8 Å². The minimum atomic E-state index is 0. The average molecular weight is 190 g/mol. The van der Waals surface area contributed by atoms with Crippen molar-refractivity contribution < 1.29 is 0 Å². The number of hydrogen-bond donors (Lipinski definition) is 0. The summed E-state index contributed by atoms with van der Waals surface area (Å²) in [6.45, 7) is 0. The number of benzene rings is 2. The van der Waals surface area contributed by atoms with Gasteiger partial charge in [0, 0.05) is 0 Å². The van der Waals surface area contributed by atoms with E-state index in [4.69, 9.17) is 5.26 Å². The van der Waals surface area contributed by atoms with E-state index in [1.54, 1.807) is 0 Å². The van der Waals surface area contributed by atoms with E-state index >= 15 is 0 Å². The summed E-state index contributed by atoms with van der Waals surface area (Å²) in [5.74, 6) is 0. The zero-order valence-electron chi connectivity index (χ0n) is 6.90. The van der Waals surface area contributed by atoms with Crippen molar-refractivity contribution in [2.45, 2.75) is 0 Å². The Morgan fingerprint density at radius 3 is 2.31 bits per heavy atom. The van der Waals surface area contributed by atoms with Gasteiger partial charge in [0.2, 0.25) is 0 Å². The van der Waals surface area contributed by atoms with E-state index in [1.165, 1.54) is 5.39 Å². The molecule has 0 aliphatic carbocycles. The molecule has 0 unspecified atom stereocenters. The lowest BCUT2D eigenvalue weighted by Gasteiger charge is -1.95. The molecule has 0 radical (unpaired) electrons. The Balaban J connectivity index is 0.000000845. The molecule has 0 spiro atoms. The summed E-state index contributed by atoms with van der Waals surface area (Å²) in [4.78, 5) is 0. The zero-order valence-corrected chi connectivity index (χ0v) is 7.71. The number of rotatable bonds is 0. The predicted octanol–water partition coefficient (Wildman–Crippen LogP) is 3.13. The fraction of sp³-hybridized carbons (Fsp3) is 0. The van der Waals surface area contributed by atoms with Crippen LogP contribution in [0.3, 0.4) is 0 Å².